The summed E-state index contributed by atoms with van der Waals surface area (Å²) >= 11 is 0. The van der Waals surface area contributed by atoms with Crippen LogP contribution in [0.3, 0.4) is 0 Å². The van der Waals surface area contributed by atoms with E-state index in [0.29, 0.717) is 5.95 Å². The molecule has 18 heavy (non-hydrogen) atoms. The van der Waals surface area contributed by atoms with E-state index in [4.69, 9.17) is 5.73 Å². The Balaban J connectivity index is 1.88. The molecule has 0 aliphatic heterocycles. The molecule has 1 amide bonds. The van der Waals surface area contributed by atoms with Crippen LogP contribution in [0.2, 0.25) is 0 Å². The Morgan fingerprint density at radius 1 is 1.33 bits per heavy atom. The number of nitrogens with one attached hydrogen (secondary N) is 2. The van der Waals surface area contributed by atoms with E-state index in [1.165, 1.54) is 0 Å². The summed E-state index contributed by atoms with van der Waals surface area (Å²) in [5.41, 5.74) is 6.91. The molecule has 0 bridgehead atoms. The van der Waals surface area contributed by atoms with Crippen LogP contribution >= 0.6 is 0 Å². The molecule has 0 aliphatic carbocycles. The first kappa shape index (κ1) is 10.3. The molecule has 0 saturated heterocycles. The van der Waals surface area contributed by atoms with Crippen molar-refractivity contribution in [2.75, 3.05) is 11.1 Å². The minimum absolute atomic E-state index is 0.0661. The van der Waals surface area contributed by atoms with Gasteiger partial charge < -0.3 is 10.7 Å². The van der Waals surface area contributed by atoms with Gasteiger partial charge in [-0.2, -0.15) is 0 Å². The van der Waals surface area contributed by atoms with Gasteiger partial charge in [0.05, 0.1) is 11.0 Å². The second-order valence-corrected chi connectivity index (χ2v) is 3.55. The van der Waals surface area contributed by atoms with Crippen molar-refractivity contribution in [3.8, 4) is 0 Å². The van der Waals surface area contributed by atoms with Gasteiger partial charge in [0.25, 0.3) is 5.91 Å². The van der Waals surface area contributed by atoms with Crippen LogP contribution in [0, 0.1) is 0 Å². The van der Waals surface area contributed by atoms with E-state index in [1.807, 2.05) is 24.3 Å². The Kier molecular flexibility index (Phi) is 2.19. The number of nitrogens with zero attached hydrogens (tertiary/aromatic N) is 3. The number of hydrogen-bond acceptors (Lipinski definition) is 6. The first-order valence-corrected chi connectivity index (χ1v) is 5.08. The van der Waals surface area contributed by atoms with Crippen molar-refractivity contribution in [2.45, 2.75) is 0 Å². The Hall–Kier alpha value is -2.90. The smallest absolute Gasteiger partial charge is 0.284 e. The van der Waals surface area contributed by atoms with E-state index in [1.54, 1.807) is 0 Å². The Morgan fingerprint density at radius 3 is 2.89 bits per heavy atom. The number of carbonyl (C=O) groups is 1. The van der Waals surface area contributed by atoms with E-state index in [-0.39, 0.29) is 11.5 Å². The molecule has 1 aromatic carbocycles. The molecule has 0 spiro atoms. The predicted octanol–water partition coefficient (Wildman–Crippen LogP) is 0.780. The van der Waals surface area contributed by atoms with Gasteiger partial charge in [0.2, 0.25) is 17.5 Å². The van der Waals surface area contributed by atoms with E-state index >= 15 is 0 Å². The summed E-state index contributed by atoms with van der Waals surface area (Å²) in [5.74, 6) is -0.292. The number of nitrogen functional groups attached to an aromatic ring is 1. The molecule has 0 radical (unpaired) electrons. The molecule has 8 heteroatoms. The quantitative estimate of drug-likeness (QED) is 0.612. The van der Waals surface area contributed by atoms with Gasteiger partial charge in [-0.1, -0.05) is 12.1 Å². The van der Waals surface area contributed by atoms with E-state index < -0.39 is 5.91 Å². The number of anilines is 2. The Bertz CT molecular complexity index is 683. The van der Waals surface area contributed by atoms with Gasteiger partial charge in [-0.15, -0.1) is 0 Å². The zero-order valence-electron chi connectivity index (χ0n) is 9.04. The van der Waals surface area contributed by atoms with Gasteiger partial charge in [-0.05, 0) is 22.4 Å². The van der Waals surface area contributed by atoms with E-state index in [0.717, 1.165) is 11.0 Å². The SMILES string of the molecule is Nc1nonc1C(=O)Nc1nc2ccccc2[nH]1. The molecule has 2 aromatic heterocycles. The highest BCUT2D eigenvalue weighted by Gasteiger charge is 2.17. The molecule has 0 saturated carbocycles. The number of aromatic nitrogens is 4. The number of carbonyl (C=O) groups excluding carboxylic acids is 1. The number of nitrogens with two attached hydrogens (primary N) is 1. The molecule has 0 atom stereocenters. The second kappa shape index (κ2) is 3.84. The maximum atomic E-state index is 11.8. The average Bonchev–Trinajstić information content (AvgIpc) is 2.94. The van der Waals surface area contributed by atoms with Crippen LogP contribution in [0.1, 0.15) is 10.5 Å². The maximum Gasteiger partial charge on any atom is 0.284 e. The molecular formula is C10H8N6O2. The minimum Gasteiger partial charge on any atom is -0.379 e. The molecule has 0 fully saturated rings. The average molecular weight is 244 g/mol. The number of para-hydroxylation sites is 2. The summed E-state index contributed by atoms with van der Waals surface area (Å²) in [7, 11) is 0. The summed E-state index contributed by atoms with van der Waals surface area (Å²) < 4.78 is 4.35. The summed E-state index contributed by atoms with van der Waals surface area (Å²) in [6, 6.07) is 7.40. The standard InChI is InChI=1S/C10H8N6O2/c11-8-7(15-18-16-8)9(17)14-10-12-5-3-1-2-4-6(5)13-10/h1-4H,(H2,11,16)(H2,12,13,14,17). The number of imidazole rings is 1. The Labute approximate surface area is 100 Å². The number of H-pyrrole nitrogens is 1. The molecule has 0 unspecified atom stereocenters. The van der Waals surface area contributed by atoms with Gasteiger partial charge in [-0.25, -0.2) is 9.61 Å². The zero-order chi connectivity index (χ0) is 12.5. The van der Waals surface area contributed by atoms with Crippen LogP contribution in [-0.2, 0) is 0 Å². The monoisotopic (exact) mass is 244 g/mol. The van der Waals surface area contributed by atoms with Crippen LogP contribution in [0.5, 0.6) is 0 Å². The fourth-order valence-corrected chi connectivity index (χ4v) is 1.53. The maximum absolute atomic E-state index is 11.8. The van der Waals surface area contributed by atoms with Crippen LogP contribution in [0.25, 0.3) is 11.0 Å². The summed E-state index contributed by atoms with van der Waals surface area (Å²) in [6.07, 6.45) is 0. The van der Waals surface area contributed by atoms with E-state index in [9.17, 15) is 4.79 Å². The third-order valence-electron chi connectivity index (χ3n) is 2.35. The first-order chi connectivity index (χ1) is 8.74. The fraction of sp³-hybridized carbons (Fsp3) is 0. The molecule has 90 valence electrons. The molecule has 2 heterocycles. The third-order valence-corrected chi connectivity index (χ3v) is 2.35. The van der Waals surface area contributed by atoms with Crippen LogP contribution in [0.4, 0.5) is 11.8 Å². The van der Waals surface area contributed by atoms with Crippen molar-refractivity contribution in [1.29, 1.82) is 0 Å². The highest BCUT2D eigenvalue weighted by atomic mass is 16.6. The van der Waals surface area contributed by atoms with Crippen molar-refractivity contribution in [2.24, 2.45) is 0 Å². The highest BCUT2D eigenvalue weighted by Crippen LogP contribution is 2.14. The largest absolute Gasteiger partial charge is 0.379 e. The lowest BCUT2D eigenvalue weighted by molar-refractivity contribution is 0.101. The third kappa shape index (κ3) is 1.65. The summed E-state index contributed by atoms with van der Waals surface area (Å²) in [4.78, 5) is 18.9. The molecule has 3 rings (SSSR count). The lowest BCUT2D eigenvalue weighted by Gasteiger charge is -1.96. The number of hydrogen-bond donors (Lipinski definition) is 3. The summed E-state index contributed by atoms with van der Waals surface area (Å²) in [5, 5.41) is 9.25. The molecular weight excluding hydrogens is 236 g/mol. The number of amides is 1. The highest BCUT2D eigenvalue weighted by molar-refractivity contribution is 6.05. The first-order valence-electron chi connectivity index (χ1n) is 5.08. The van der Waals surface area contributed by atoms with Gasteiger partial charge in [0, 0.05) is 0 Å². The van der Waals surface area contributed by atoms with Crippen molar-refractivity contribution >= 4 is 28.7 Å². The number of benzene rings is 1. The lowest BCUT2D eigenvalue weighted by atomic mass is 10.3. The summed E-state index contributed by atoms with van der Waals surface area (Å²) in [6.45, 7) is 0. The molecule has 4 N–H and O–H groups in total. The number of fused-ring (bicyclic) bond motifs is 1. The molecule has 3 aromatic rings. The predicted molar refractivity (Wildman–Crippen MR) is 62.8 cm³/mol. The number of aromatic amines is 1. The van der Waals surface area contributed by atoms with Crippen molar-refractivity contribution in [3.63, 3.8) is 0 Å². The number of rotatable bonds is 2. The normalized spacial score (nSPS) is 10.7. The van der Waals surface area contributed by atoms with Crippen LogP contribution in [0.15, 0.2) is 28.9 Å². The van der Waals surface area contributed by atoms with Crippen LogP contribution in [-0.4, -0.2) is 26.2 Å². The molecule has 8 nitrogen and oxygen atoms in total. The van der Waals surface area contributed by atoms with Crippen molar-refractivity contribution < 1.29 is 9.42 Å². The lowest BCUT2D eigenvalue weighted by Crippen LogP contribution is -2.15. The Morgan fingerprint density at radius 2 is 2.17 bits per heavy atom. The minimum atomic E-state index is -0.534. The van der Waals surface area contributed by atoms with E-state index in [2.05, 4.69) is 30.2 Å². The second-order valence-electron chi connectivity index (χ2n) is 3.55. The van der Waals surface area contributed by atoms with Crippen molar-refractivity contribution in [3.05, 3.63) is 30.0 Å². The van der Waals surface area contributed by atoms with Gasteiger partial charge in [0.1, 0.15) is 0 Å². The fourth-order valence-electron chi connectivity index (χ4n) is 1.53. The van der Waals surface area contributed by atoms with Crippen LogP contribution < -0.4 is 11.1 Å². The van der Waals surface area contributed by atoms with Gasteiger partial charge in [-0.3, -0.25) is 10.1 Å². The molecule has 0 aliphatic rings. The van der Waals surface area contributed by atoms with Gasteiger partial charge >= 0.3 is 0 Å². The van der Waals surface area contributed by atoms with Crippen molar-refractivity contribution in [1.82, 2.24) is 20.3 Å². The zero-order valence-corrected chi connectivity index (χ0v) is 9.04. The van der Waals surface area contributed by atoms with Gasteiger partial charge in [0.15, 0.2) is 0 Å². The topological polar surface area (TPSA) is 123 Å².